The first-order chi connectivity index (χ1) is 9.13. The number of nitrogens with one attached hydrogen (secondary N) is 1. The van der Waals surface area contributed by atoms with Gasteiger partial charge in [-0.2, -0.15) is 0 Å². The van der Waals surface area contributed by atoms with Crippen molar-refractivity contribution in [2.24, 2.45) is 0 Å². The summed E-state index contributed by atoms with van der Waals surface area (Å²) in [5.74, 6) is 1.25. The van der Waals surface area contributed by atoms with Crippen LogP contribution in [0.5, 0.6) is 0 Å². The van der Waals surface area contributed by atoms with Gasteiger partial charge in [-0.25, -0.2) is 9.97 Å². The van der Waals surface area contributed by atoms with Gasteiger partial charge < -0.3 is 16.0 Å². The highest BCUT2D eigenvalue weighted by molar-refractivity contribution is 5.81. The summed E-state index contributed by atoms with van der Waals surface area (Å²) in [5.41, 5.74) is 6.86. The van der Waals surface area contributed by atoms with Crippen LogP contribution in [0.4, 0.5) is 11.6 Å². The number of carbonyl (C=O) groups is 1. The Morgan fingerprint density at radius 3 is 2.68 bits per heavy atom. The first-order valence-corrected chi connectivity index (χ1v) is 6.68. The minimum absolute atomic E-state index is 0.0342. The fourth-order valence-corrected chi connectivity index (χ4v) is 1.96. The minimum Gasteiger partial charge on any atom is -0.383 e. The number of hydrogen-bond acceptors (Lipinski definition) is 5. The quantitative estimate of drug-likeness (QED) is 0.767. The van der Waals surface area contributed by atoms with Crippen molar-refractivity contribution in [2.75, 3.05) is 30.8 Å². The van der Waals surface area contributed by atoms with E-state index in [2.05, 4.69) is 29.1 Å². The molecular formula is C13H23N5O. The Hall–Kier alpha value is -1.85. The maximum absolute atomic E-state index is 11.6. The SMILES string of the molecule is CCCc1c(N)ncnc1N(CCC)CC(=O)NC. The van der Waals surface area contributed by atoms with Crippen molar-refractivity contribution in [3.63, 3.8) is 0 Å². The van der Waals surface area contributed by atoms with E-state index in [1.54, 1.807) is 7.05 Å². The molecule has 6 nitrogen and oxygen atoms in total. The number of carbonyl (C=O) groups excluding carboxylic acids is 1. The fraction of sp³-hybridized carbons (Fsp3) is 0.615. The second-order valence-electron chi connectivity index (χ2n) is 4.41. The molecule has 19 heavy (non-hydrogen) atoms. The van der Waals surface area contributed by atoms with Crippen molar-refractivity contribution >= 4 is 17.5 Å². The number of hydrogen-bond donors (Lipinski definition) is 2. The molecule has 6 heteroatoms. The lowest BCUT2D eigenvalue weighted by Crippen LogP contribution is -2.37. The van der Waals surface area contributed by atoms with Gasteiger partial charge in [0.05, 0.1) is 6.54 Å². The van der Waals surface area contributed by atoms with E-state index in [1.807, 2.05) is 4.90 Å². The Kier molecular flexibility index (Phi) is 6.05. The third-order valence-corrected chi connectivity index (χ3v) is 2.86. The summed E-state index contributed by atoms with van der Waals surface area (Å²) in [5, 5.41) is 2.63. The number of rotatable bonds is 7. The van der Waals surface area contributed by atoms with Crippen LogP contribution >= 0.6 is 0 Å². The van der Waals surface area contributed by atoms with Crippen LogP contribution in [0.25, 0.3) is 0 Å². The zero-order chi connectivity index (χ0) is 14.3. The summed E-state index contributed by atoms with van der Waals surface area (Å²) in [6.45, 7) is 5.21. The normalized spacial score (nSPS) is 10.3. The lowest BCUT2D eigenvalue weighted by Gasteiger charge is -2.24. The molecule has 0 aliphatic rings. The van der Waals surface area contributed by atoms with Crippen molar-refractivity contribution in [2.45, 2.75) is 33.1 Å². The average molecular weight is 265 g/mol. The molecule has 106 valence electrons. The molecule has 0 atom stereocenters. The molecule has 1 amide bonds. The first kappa shape index (κ1) is 15.2. The van der Waals surface area contributed by atoms with Crippen molar-refractivity contribution in [1.82, 2.24) is 15.3 Å². The van der Waals surface area contributed by atoms with Crippen LogP contribution in [-0.2, 0) is 11.2 Å². The molecule has 0 spiro atoms. The number of anilines is 2. The van der Waals surface area contributed by atoms with Crippen LogP contribution < -0.4 is 16.0 Å². The number of amides is 1. The van der Waals surface area contributed by atoms with Crippen LogP contribution in [0, 0.1) is 0 Å². The van der Waals surface area contributed by atoms with Gasteiger partial charge in [-0.05, 0) is 12.8 Å². The van der Waals surface area contributed by atoms with E-state index in [-0.39, 0.29) is 12.5 Å². The van der Waals surface area contributed by atoms with Crippen LogP contribution in [-0.4, -0.2) is 36.0 Å². The van der Waals surface area contributed by atoms with Crippen LogP contribution in [0.15, 0.2) is 6.33 Å². The smallest absolute Gasteiger partial charge is 0.239 e. The summed E-state index contributed by atoms with van der Waals surface area (Å²) < 4.78 is 0. The monoisotopic (exact) mass is 265 g/mol. The molecule has 0 aliphatic heterocycles. The van der Waals surface area contributed by atoms with E-state index in [0.29, 0.717) is 5.82 Å². The molecule has 0 radical (unpaired) electrons. The number of nitrogen functional groups attached to an aromatic ring is 1. The predicted molar refractivity (Wildman–Crippen MR) is 77.0 cm³/mol. The third-order valence-electron chi connectivity index (χ3n) is 2.86. The second-order valence-corrected chi connectivity index (χ2v) is 4.41. The Balaban J connectivity index is 3.06. The highest BCUT2D eigenvalue weighted by Gasteiger charge is 2.17. The van der Waals surface area contributed by atoms with Gasteiger partial charge >= 0.3 is 0 Å². The minimum atomic E-state index is -0.0342. The topological polar surface area (TPSA) is 84.1 Å². The standard InChI is InChI=1S/C13H23N5O/c1-4-6-10-12(14)16-9-17-13(10)18(7-5-2)8-11(19)15-3/h9H,4-8H2,1-3H3,(H,15,19)(H2,14,16,17). The summed E-state index contributed by atoms with van der Waals surface area (Å²) in [4.78, 5) is 21.9. The molecule has 1 aromatic heterocycles. The number of aromatic nitrogens is 2. The van der Waals surface area contributed by atoms with E-state index in [4.69, 9.17) is 5.73 Å². The van der Waals surface area contributed by atoms with Crippen molar-refractivity contribution < 1.29 is 4.79 Å². The summed E-state index contributed by atoms with van der Waals surface area (Å²) >= 11 is 0. The lowest BCUT2D eigenvalue weighted by atomic mass is 10.1. The molecular weight excluding hydrogens is 242 g/mol. The van der Waals surface area contributed by atoms with Crippen LogP contribution in [0.2, 0.25) is 0 Å². The largest absolute Gasteiger partial charge is 0.383 e. The number of nitrogens with two attached hydrogens (primary N) is 1. The lowest BCUT2D eigenvalue weighted by molar-refractivity contribution is -0.119. The van der Waals surface area contributed by atoms with Crippen molar-refractivity contribution in [3.05, 3.63) is 11.9 Å². The van der Waals surface area contributed by atoms with Gasteiger partial charge in [-0.15, -0.1) is 0 Å². The summed E-state index contributed by atoms with van der Waals surface area (Å²) in [6, 6.07) is 0. The third kappa shape index (κ3) is 4.08. The van der Waals surface area contributed by atoms with E-state index < -0.39 is 0 Å². The molecule has 1 rings (SSSR count). The summed E-state index contributed by atoms with van der Waals surface area (Å²) in [7, 11) is 1.63. The highest BCUT2D eigenvalue weighted by atomic mass is 16.1. The molecule has 3 N–H and O–H groups in total. The van der Waals surface area contributed by atoms with Gasteiger partial charge in [0.2, 0.25) is 5.91 Å². The Morgan fingerprint density at radius 2 is 2.11 bits per heavy atom. The fourth-order valence-electron chi connectivity index (χ4n) is 1.96. The average Bonchev–Trinajstić information content (AvgIpc) is 2.40. The number of likely N-dealkylation sites (N-methyl/N-ethyl adjacent to an activating group) is 1. The molecule has 0 saturated carbocycles. The maximum atomic E-state index is 11.6. The summed E-state index contributed by atoms with van der Waals surface area (Å²) in [6.07, 6.45) is 4.17. The second kappa shape index (κ2) is 7.56. The first-order valence-electron chi connectivity index (χ1n) is 6.68. The Labute approximate surface area is 114 Å². The number of nitrogens with zero attached hydrogens (tertiary/aromatic N) is 3. The van der Waals surface area contributed by atoms with Gasteiger partial charge in [0.15, 0.2) is 0 Å². The zero-order valence-corrected chi connectivity index (χ0v) is 11.9. The molecule has 0 saturated heterocycles. The molecule has 0 fully saturated rings. The highest BCUT2D eigenvalue weighted by Crippen LogP contribution is 2.23. The molecule has 0 aliphatic carbocycles. The maximum Gasteiger partial charge on any atom is 0.239 e. The van der Waals surface area contributed by atoms with Crippen molar-refractivity contribution in [3.8, 4) is 0 Å². The van der Waals surface area contributed by atoms with Gasteiger partial charge in [0, 0.05) is 19.2 Å². The Bertz CT molecular complexity index is 421. The van der Waals surface area contributed by atoms with E-state index >= 15 is 0 Å². The van der Waals surface area contributed by atoms with E-state index in [9.17, 15) is 4.79 Å². The predicted octanol–water partition coefficient (Wildman–Crippen LogP) is 0.974. The zero-order valence-electron chi connectivity index (χ0n) is 11.9. The van der Waals surface area contributed by atoms with Gasteiger partial charge in [-0.3, -0.25) is 4.79 Å². The van der Waals surface area contributed by atoms with Gasteiger partial charge in [0.1, 0.15) is 18.0 Å². The molecule has 0 unspecified atom stereocenters. The Morgan fingerprint density at radius 1 is 1.37 bits per heavy atom. The van der Waals surface area contributed by atoms with Crippen molar-refractivity contribution in [1.29, 1.82) is 0 Å². The molecule has 1 aromatic rings. The van der Waals surface area contributed by atoms with Crippen LogP contribution in [0.1, 0.15) is 32.3 Å². The van der Waals surface area contributed by atoms with Crippen LogP contribution in [0.3, 0.4) is 0 Å². The molecule has 0 aromatic carbocycles. The molecule has 1 heterocycles. The van der Waals surface area contributed by atoms with Gasteiger partial charge in [-0.1, -0.05) is 20.3 Å². The van der Waals surface area contributed by atoms with E-state index in [0.717, 1.165) is 37.2 Å². The van der Waals surface area contributed by atoms with Gasteiger partial charge in [0.25, 0.3) is 0 Å². The molecule has 0 bridgehead atoms. The van der Waals surface area contributed by atoms with E-state index in [1.165, 1.54) is 6.33 Å².